The highest BCUT2D eigenvalue weighted by molar-refractivity contribution is 7.17. The van der Waals surface area contributed by atoms with Gasteiger partial charge in [0.05, 0.1) is 0 Å². The van der Waals surface area contributed by atoms with Crippen LogP contribution in [0.2, 0.25) is 0 Å². The number of carbonyl (C=O) groups is 1. The summed E-state index contributed by atoms with van der Waals surface area (Å²) in [7, 11) is 0. The van der Waals surface area contributed by atoms with Gasteiger partial charge in [0.1, 0.15) is 0 Å². The van der Waals surface area contributed by atoms with Crippen molar-refractivity contribution < 1.29 is 4.79 Å². The Morgan fingerprint density at radius 3 is 2.80 bits per heavy atom. The quantitative estimate of drug-likeness (QED) is 0.834. The molecule has 112 valence electrons. The third kappa shape index (κ3) is 4.42. The summed E-state index contributed by atoms with van der Waals surface area (Å²) in [5, 5.41) is 15.0. The fourth-order valence-electron chi connectivity index (χ4n) is 2.40. The molecule has 20 heavy (non-hydrogen) atoms. The average Bonchev–Trinajstić information content (AvgIpc) is 2.89. The van der Waals surface area contributed by atoms with Crippen LogP contribution in [0.4, 0.5) is 5.13 Å². The Hall–Kier alpha value is -1.21. The fraction of sp³-hybridized carbons (Fsp3) is 0.769. The molecule has 1 aromatic rings. The van der Waals surface area contributed by atoms with Gasteiger partial charge in [-0.05, 0) is 39.8 Å². The molecule has 1 unspecified atom stereocenters. The van der Waals surface area contributed by atoms with Crippen LogP contribution in [0.15, 0.2) is 0 Å². The lowest BCUT2D eigenvalue weighted by Crippen LogP contribution is -2.43. The molecule has 2 heterocycles. The first-order chi connectivity index (χ1) is 9.69. The van der Waals surface area contributed by atoms with E-state index in [0.29, 0.717) is 10.1 Å². The Bertz CT molecular complexity index is 430. The van der Waals surface area contributed by atoms with E-state index >= 15 is 0 Å². The van der Waals surface area contributed by atoms with Crippen molar-refractivity contribution in [3.05, 3.63) is 5.01 Å². The third-order valence-corrected chi connectivity index (χ3v) is 4.19. The minimum absolute atomic E-state index is 0.129. The predicted molar refractivity (Wildman–Crippen MR) is 81.3 cm³/mol. The summed E-state index contributed by atoms with van der Waals surface area (Å²) in [5.74, 6) is -0.129. The van der Waals surface area contributed by atoms with Crippen LogP contribution in [0.5, 0.6) is 0 Å². The zero-order valence-corrected chi connectivity index (χ0v) is 13.0. The van der Waals surface area contributed by atoms with E-state index in [0.717, 1.165) is 26.2 Å². The summed E-state index contributed by atoms with van der Waals surface area (Å²) in [5.41, 5.74) is 0. The lowest BCUT2D eigenvalue weighted by Gasteiger charge is -2.29. The van der Waals surface area contributed by atoms with Crippen molar-refractivity contribution in [1.82, 2.24) is 20.4 Å². The number of nitrogens with one attached hydrogen (secondary N) is 2. The van der Waals surface area contributed by atoms with Crippen LogP contribution in [-0.2, 0) is 0 Å². The number of hydrogen-bond donors (Lipinski definition) is 2. The zero-order valence-electron chi connectivity index (χ0n) is 12.2. The first-order valence-corrected chi connectivity index (χ1v) is 8.11. The molecule has 1 aromatic heterocycles. The summed E-state index contributed by atoms with van der Waals surface area (Å²) < 4.78 is 0. The van der Waals surface area contributed by atoms with Gasteiger partial charge < -0.3 is 15.5 Å². The van der Waals surface area contributed by atoms with E-state index < -0.39 is 0 Å². The van der Waals surface area contributed by atoms with Crippen molar-refractivity contribution in [2.45, 2.75) is 39.2 Å². The van der Waals surface area contributed by atoms with Crippen molar-refractivity contribution in [2.24, 2.45) is 0 Å². The van der Waals surface area contributed by atoms with Gasteiger partial charge in [-0.2, -0.15) is 0 Å². The summed E-state index contributed by atoms with van der Waals surface area (Å²) in [4.78, 5) is 14.5. The third-order valence-electron chi connectivity index (χ3n) is 3.31. The van der Waals surface area contributed by atoms with Gasteiger partial charge in [-0.3, -0.25) is 4.79 Å². The summed E-state index contributed by atoms with van der Waals surface area (Å²) in [6, 6.07) is 0.132. The normalized spacial score (nSPS) is 17.7. The summed E-state index contributed by atoms with van der Waals surface area (Å²) >= 11 is 1.29. The second-order valence-electron chi connectivity index (χ2n) is 5.18. The minimum atomic E-state index is -0.129. The molecule has 1 atom stereocenters. The summed E-state index contributed by atoms with van der Waals surface area (Å²) in [6.07, 6.45) is 3.86. The molecule has 0 aliphatic carbocycles. The standard InChI is InChI=1S/C13H23N5OS/c1-3-14-13-17-16-12(20-13)11(19)15-10(2)9-18-7-5-4-6-8-18/h10H,3-9H2,1-2H3,(H,14,17)(H,15,19). The molecule has 1 amide bonds. The van der Waals surface area contributed by atoms with Crippen LogP contribution in [0, 0.1) is 0 Å². The number of anilines is 1. The molecule has 0 spiro atoms. The Morgan fingerprint density at radius 1 is 1.35 bits per heavy atom. The van der Waals surface area contributed by atoms with Crippen LogP contribution < -0.4 is 10.6 Å². The van der Waals surface area contributed by atoms with Gasteiger partial charge in [-0.1, -0.05) is 17.8 Å². The molecule has 1 aliphatic heterocycles. The van der Waals surface area contributed by atoms with Crippen LogP contribution in [0.25, 0.3) is 0 Å². The molecule has 1 saturated heterocycles. The second-order valence-corrected chi connectivity index (χ2v) is 6.16. The Labute approximate surface area is 124 Å². The van der Waals surface area contributed by atoms with Gasteiger partial charge in [-0.25, -0.2) is 0 Å². The van der Waals surface area contributed by atoms with Gasteiger partial charge in [0.25, 0.3) is 5.91 Å². The van der Waals surface area contributed by atoms with Gasteiger partial charge >= 0.3 is 0 Å². The van der Waals surface area contributed by atoms with Gasteiger partial charge in [-0.15, -0.1) is 10.2 Å². The second kappa shape index (κ2) is 7.54. The van der Waals surface area contributed by atoms with Crippen molar-refractivity contribution in [3.63, 3.8) is 0 Å². The molecule has 1 fully saturated rings. The van der Waals surface area contributed by atoms with E-state index in [1.807, 2.05) is 13.8 Å². The topological polar surface area (TPSA) is 70.1 Å². The fourth-order valence-corrected chi connectivity index (χ4v) is 3.11. The van der Waals surface area contributed by atoms with Crippen LogP contribution in [0.1, 0.15) is 42.9 Å². The molecule has 0 saturated carbocycles. The molecule has 2 rings (SSSR count). The number of rotatable bonds is 6. The molecular formula is C13H23N5OS. The molecule has 0 radical (unpaired) electrons. The zero-order chi connectivity index (χ0) is 14.4. The highest BCUT2D eigenvalue weighted by atomic mass is 32.1. The van der Waals surface area contributed by atoms with Gasteiger partial charge in [0.15, 0.2) is 0 Å². The molecular weight excluding hydrogens is 274 g/mol. The molecule has 0 bridgehead atoms. The number of hydrogen-bond acceptors (Lipinski definition) is 6. The molecule has 2 N–H and O–H groups in total. The predicted octanol–water partition coefficient (Wildman–Crippen LogP) is 1.57. The van der Waals surface area contributed by atoms with E-state index in [-0.39, 0.29) is 11.9 Å². The van der Waals surface area contributed by atoms with Crippen LogP contribution in [-0.4, -0.2) is 53.2 Å². The van der Waals surface area contributed by atoms with Gasteiger partial charge in [0.2, 0.25) is 10.1 Å². The lowest BCUT2D eigenvalue weighted by molar-refractivity contribution is 0.0924. The van der Waals surface area contributed by atoms with E-state index in [1.165, 1.54) is 30.6 Å². The number of likely N-dealkylation sites (tertiary alicyclic amines) is 1. The first kappa shape index (κ1) is 15.2. The van der Waals surface area contributed by atoms with Crippen molar-refractivity contribution in [3.8, 4) is 0 Å². The Kier molecular flexibility index (Phi) is 5.72. The van der Waals surface area contributed by atoms with Crippen molar-refractivity contribution >= 4 is 22.4 Å². The number of nitrogens with zero attached hydrogens (tertiary/aromatic N) is 3. The van der Waals surface area contributed by atoms with E-state index in [2.05, 4.69) is 25.7 Å². The first-order valence-electron chi connectivity index (χ1n) is 7.29. The van der Waals surface area contributed by atoms with E-state index in [9.17, 15) is 4.79 Å². The molecule has 0 aromatic carbocycles. The van der Waals surface area contributed by atoms with Crippen LogP contribution >= 0.6 is 11.3 Å². The SMILES string of the molecule is CCNc1nnc(C(=O)NC(C)CN2CCCCC2)s1. The maximum Gasteiger partial charge on any atom is 0.282 e. The number of aromatic nitrogens is 2. The van der Waals surface area contributed by atoms with E-state index in [4.69, 9.17) is 0 Å². The van der Waals surface area contributed by atoms with Crippen molar-refractivity contribution in [1.29, 1.82) is 0 Å². The number of amides is 1. The highest BCUT2D eigenvalue weighted by Gasteiger charge is 2.18. The summed E-state index contributed by atoms with van der Waals surface area (Å²) in [6.45, 7) is 8.00. The molecule has 6 nitrogen and oxygen atoms in total. The maximum absolute atomic E-state index is 12.1. The monoisotopic (exact) mass is 297 g/mol. The minimum Gasteiger partial charge on any atom is -0.360 e. The lowest BCUT2D eigenvalue weighted by atomic mass is 10.1. The Morgan fingerprint density at radius 2 is 2.10 bits per heavy atom. The average molecular weight is 297 g/mol. The van der Waals surface area contributed by atoms with Crippen molar-refractivity contribution in [2.75, 3.05) is 31.5 Å². The van der Waals surface area contributed by atoms with Gasteiger partial charge in [0, 0.05) is 19.1 Å². The number of piperidine rings is 1. The molecule has 1 aliphatic rings. The number of carbonyl (C=O) groups excluding carboxylic acids is 1. The van der Waals surface area contributed by atoms with E-state index in [1.54, 1.807) is 0 Å². The Balaban J connectivity index is 1.80. The largest absolute Gasteiger partial charge is 0.360 e. The smallest absolute Gasteiger partial charge is 0.282 e. The maximum atomic E-state index is 12.1. The van der Waals surface area contributed by atoms with Crippen LogP contribution in [0.3, 0.4) is 0 Å². The highest BCUT2D eigenvalue weighted by Crippen LogP contribution is 2.15. The molecule has 7 heteroatoms.